The number of carbonyl (C=O) groups is 1. The van der Waals surface area contributed by atoms with E-state index in [1.54, 1.807) is 33.9 Å². The molecule has 0 bridgehead atoms. The maximum atomic E-state index is 13.2. The van der Waals surface area contributed by atoms with Crippen molar-refractivity contribution in [3.8, 4) is 5.69 Å². The van der Waals surface area contributed by atoms with Gasteiger partial charge in [-0.2, -0.15) is 4.98 Å². The molecule has 0 spiro atoms. The summed E-state index contributed by atoms with van der Waals surface area (Å²) in [7, 11) is 0. The number of anilines is 2. The Morgan fingerprint density at radius 3 is 2.85 bits per heavy atom. The highest BCUT2D eigenvalue weighted by atomic mass is 16.1. The van der Waals surface area contributed by atoms with Crippen molar-refractivity contribution >= 4 is 28.5 Å². The molecule has 3 aromatic heterocycles. The number of ketones is 1. The minimum Gasteiger partial charge on any atom is -0.324 e. The fraction of sp³-hybridized carbons (Fsp3) is 0.292. The van der Waals surface area contributed by atoms with E-state index in [4.69, 9.17) is 4.98 Å². The third-order valence-corrected chi connectivity index (χ3v) is 6.21. The van der Waals surface area contributed by atoms with Crippen LogP contribution < -0.4 is 16.2 Å². The molecule has 0 unspecified atom stereocenters. The molecule has 1 aromatic carbocycles. The molecule has 9 nitrogen and oxygen atoms in total. The number of rotatable bonds is 5. The highest BCUT2D eigenvalue weighted by Crippen LogP contribution is 2.35. The number of Topliss-reactive ketones (excluding diaryl/α,β-unsaturated/α-hetero) is 1. The Bertz CT molecular complexity index is 1470. The highest BCUT2D eigenvalue weighted by Gasteiger charge is 2.31. The van der Waals surface area contributed by atoms with E-state index in [1.807, 2.05) is 6.07 Å². The van der Waals surface area contributed by atoms with E-state index >= 15 is 0 Å². The lowest BCUT2D eigenvalue weighted by atomic mass is 10.0. The predicted molar refractivity (Wildman–Crippen MR) is 124 cm³/mol. The first-order valence-corrected chi connectivity index (χ1v) is 11.2. The summed E-state index contributed by atoms with van der Waals surface area (Å²) in [4.78, 5) is 38.4. The first kappa shape index (κ1) is 19.8. The van der Waals surface area contributed by atoms with Crippen LogP contribution in [0, 0.1) is 0 Å². The van der Waals surface area contributed by atoms with Gasteiger partial charge in [-0.25, -0.2) is 14.3 Å². The maximum absolute atomic E-state index is 13.2. The van der Waals surface area contributed by atoms with Gasteiger partial charge in [0.25, 0.3) is 5.56 Å². The molecule has 6 rings (SSSR count). The lowest BCUT2D eigenvalue weighted by Crippen LogP contribution is -2.23. The van der Waals surface area contributed by atoms with Gasteiger partial charge in [0, 0.05) is 31.5 Å². The standard InChI is InChI=1S/C24H23N7O2/c1-14(32)21-11-19(7-9-26-21)30-22-20(23(33)31(30)18-4-5-18)13-27-24(29-22)28-17-3-2-15-6-8-25-12-16(15)10-17/h2-3,7,9-11,13,18,25H,4-6,8,12H2,1H3,(H,27,28,29). The van der Waals surface area contributed by atoms with E-state index in [0.29, 0.717) is 28.4 Å². The summed E-state index contributed by atoms with van der Waals surface area (Å²) in [6.45, 7) is 3.32. The number of nitrogens with zero attached hydrogens (tertiary/aromatic N) is 5. The molecule has 166 valence electrons. The van der Waals surface area contributed by atoms with E-state index in [0.717, 1.165) is 38.0 Å². The minimum atomic E-state index is -0.132. The van der Waals surface area contributed by atoms with Gasteiger partial charge in [0.2, 0.25) is 5.95 Å². The third-order valence-electron chi connectivity index (χ3n) is 6.21. The van der Waals surface area contributed by atoms with Crippen LogP contribution >= 0.6 is 0 Å². The first-order chi connectivity index (χ1) is 16.1. The van der Waals surface area contributed by atoms with Gasteiger partial charge in [-0.3, -0.25) is 14.6 Å². The average Bonchev–Trinajstić information content (AvgIpc) is 3.63. The summed E-state index contributed by atoms with van der Waals surface area (Å²) < 4.78 is 3.53. The van der Waals surface area contributed by atoms with Crippen LogP contribution in [-0.2, 0) is 13.0 Å². The molecule has 1 aliphatic heterocycles. The predicted octanol–water partition coefficient (Wildman–Crippen LogP) is 2.90. The van der Waals surface area contributed by atoms with E-state index in [2.05, 4.69) is 32.7 Å². The summed E-state index contributed by atoms with van der Waals surface area (Å²) in [6.07, 6.45) is 6.05. The Labute approximate surface area is 189 Å². The highest BCUT2D eigenvalue weighted by molar-refractivity contribution is 5.92. The maximum Gasteiger partial charge on any atom is 0.278 e. The molecule has 0 amide bonds. The molecule has 9 heteroatoms. The van der Waals surface area contributed by atoms with Gasteiger partial charge in [-0.05, 0) is 61.2 Å². The smallest absolute Gasteiger partial charge is 0.278 e. The second-order valence-corrected chi connectivity index (χ2v) is 8.61. The monoisotopic (exact) mass is 441 g/mol. The lowest BCUT2D eigenvalue weighted by Gasteiger charge is -2.18. The molecule has 1 fully saturated rings. The molecular formula is C24H23N7O2. The van der Waals surface area contributed by atoms with Crippen LogP contribution in [0.3, 0.4) is 0 Å². The Balaban J connectivity index is 1.46. The van der Waals surface area contributed by atoms with Crippen molar-refractivity contribution in [3.05, 3.63) is 69.9 Å². The summed E-state index contributed by atoms with van der Waals surface area (Å²) in [5.41, 5.74) is 4.92. The molecule has 0 radical (unpaired) electrons. The summed E-state index contributed by atoms with van der Waals surface area (Å²) in [6, 6.07) is 9.88. The van der Waals surface area contributed by atoms with E-state index in [1.165, 1.54) is 18.1 Å². The molecule has 0 saturated heterocycles. The molecule has 0 atom stereocenters. The van der Waals surface area contributed by atoms with Gasteiger partial charge >= 0.3 is 0 Å². The average molecular weight is 441 g/mol. The van der Waals surface area contributed by atoms with Gasteiger partial charge in [0.1, 0.15) is 11.1 Å². The lowest BCUT2D eigenvalue weighted by molar-refractivity contribution is 0.101. The van der Waals surface area contributed by atoms with Crippen LogP contribution in [0.5, 0.6) is 0 Å². The van der Waals surface area contributed by atoms with Gasteiger partial charge in [-0.1, -0.05) is 6.07 Å². The van der Waals surface area contributed by atoms with Crippen molar-refractivity contribution in [3.63, 3.8) is 0 Å². The first-order valence-electron chi connectivity index (χ1n) is 11.2. The number of carbonyl (C=O) groups excluding carboxylic acids is 1. The van der Waals surface area contributed by atoms with E-state index < -0.39 is 0 Å². The normalized spacial score (nSPS) is 15.4. The van der Waals surface area contributed by atoms with Crippen LogP contribution in [0.2, 0.25) is 0 Å². The van der Waals surface area contributed by atoms with Crippen molar-refractivity contribution in [1.29, 1.82) is 0 Å². The molecule has 1 saturated carbocycles. The second kappa shape index (κ2) is 7.63. The summed E-state index contributed by atoms with van der Waals surface area (Å²) in [5.74, 6) is 0.279. The van der Waals surface area contributed by atoms with Crippen molar-refractivity contribution in [2.75, 3.05) is 11.9 Å². The zero-order valence-electron chi connectivity index (χ0n) is 18.2. The molecule has 4 aromatic rings. The van der Waals surface area contributed by atoms with E-state index in [9.17, 15) is 9.59 Å². The van der Waals surface area contributed by atoms with Crippen LogP contribution in [0.15, 0.2) is 47.5 Å². The van der Waals surface area contributed by atoms with Crippen molar-refractivity contribution in [1.82, 2.24) is 29.6 Å². The number of pyridine rings is 1. The van der Waals surface area contributed by atoms with Crippen molar-refractivity contribution in [2.24, 2.45) is 0 Å². The second-order valence-electron chi connectivity index (χ2n) is 8.61. The Kier molecular flexibility index (Phi) is 4.58. The number of nitrogens with one attached hydrogen (secondary N) is 2. The molecule has 1 aliphatic carbocycles. The topological polar surface area (TPSA) is 107 Å². The molecular weight excluding hydrogens is 418 g/mol. The Hall–Kier alpha value is -3.85. The summed E-state index contributed by atoms with van der Waals surface area (Å²) >= 11 is 0. The SMILES string of the molecule is CC(=O)c1cc(-n2c3nc(Nc4ccc5c(c4)CNCC5)ncc3c(=O)n2C2CC2)ccn1. The minimum absolute atomic E-state index is 0.116. The molecule has 2 N–H and O–H groups in total. The van der Waals surface area contributed by atoms with Crippen molar-refractivity contribution in [2.45, 2.75) is 38.8 Å². The zero-order valence-corrected chi connectivity index (χ0v) is 18.2. The summed E-state index contributed by atoms with van der Waals surface area (Å²) in [5, 5.41) is 7.13. The molecule has 4 heterocycles. The van der Waals surface area contributed by atoms with Gasteiger partial charge in [-0.15, -0.1) is 0 Å². The fourth-order valence-corrected chi connectivity index (χ4v) is 4.39. The fourth-order valence-electron chi connectivity index (χ4n) is 4.39. The van der Waals surface area contributed by atoms with Crippen LogP contribution in [0.1, 0.15) is 47.4 Å². The van der Waals surface area contributed by atoms with Crippen molar-refractivity contribution < 1.29 is 4.79 Å². The van der Waals surface area contributed by atoms with E-state index in [-0.39, 0.29) is 17.4 Å². The van der Waals surface area contributed by atoms with Gasteiger partial charge < -0.3 is 10.6 Å². The number of aromatic nitrogens is 5. The van der Waals surface area contributed by atoms with Crippen LogP contribution in [0.25, 0.3) is 16.7 Å². The number of benzene rings is 1. The molecule has 33 heavy (non-hydrogen) atoms. The zero-order chi connectivity index (χ0) is 22.5. The Morgan fingerprint density at radius 1 is 1.15 bits per heavy atom. The largest absolute Gasteiger partial charge is 0.324 e. The van der Waals surface area contributed by atoms with Crippen LogP contribution in [0.4, 0.5) is 11.6 Å². The third kappa shape index (κ3) is 3.50. The quantitative estimate of drug-likeness (QED) is 0.459. The Morgan fingerprint density at radius 2 is 2.03 bits per heavy atom. The number of fused-ring (bicyclic) bond motifs is 2. The van der Waals surface area contributed by atoms with Gasteiger partial charge in [0.15, 0.2) is 11.4 Å². The van der Waals surface area contributed by atoms with Crippen LogP contribution in [-0.4, -0.2) is 36.6 Å². The number of hydrogen-bond acceptors (Lipinski definition) is 7. The molecule has 2 aliphatic rings. The number of hydrogen-bond donors (Lipinski definition) is 2. The van der Waals surface area contributed by atoms with Gasteiger partial charge in [0.05, 0.1) is 11.7 Å².